The minimum atomic E-state index is 0.541. The van der Waals surface area contributed by atoms with E-state index < -0.39 is 0 Å². The number of allylic oxidation sites excluding steroid dienone is 1. The van der Waals surface area contributed by atoms with Crippen LogP contribution in [0.1, 0.15) is 25.0 Å². The van der Waals surface area contributed by atoms with Crippen LogP contribution >= 0.6 is 11.6 Å². The van der Waals surface area contributed by atoms with E-state index in [2.05, 4.69) is 6.07 Å². The molecule has 0 saturated carbocycles. The van der Waals surface area contributed by atoms with Crippen molar-refractivity contribution in [3.63, 3.8) is 0 Å². The Morgan fingerprint density at radius 2 is 1.78 bits per heavy atom. The van der Waals surface area contributed by atoms with E-state index in [1.54, 1.807) is 12.1 Å². The zero-order valence-electron chi connectivity index (χ0n) is 13.2. The normalized spacial score (nSPS) is 11.0. The average molecular weight is 328 g/mol. The molecule has 0 aromatic heterocycles. The summed E-state index contributed by atoms with van der Waals surface area (Å²) in [5.41, 5.74) is 2.20. The Labute approximate surface area is 141 Å². The highest BCUT2D eigenvalue weighted by Crippen LogP contribution is 2.29. The smallest absolute Gasteiger partial charge is 0.130 e. The summed E-state index contributed by atoms with van der Waals surface area (Å²) in [7, 11) is 0. The van der Waals surface area contributed by atoms with Gasteiger partial charge in [-0.05, 0) is 49.8 Å². The molecular formula is C19H18ClNO2. The van der Waals surface area contributed by atoms with Gasteiger partial charge in [-0.2, -0.15) is 5.26 Å². The monoisotopic (exact) mass is 327 g/mol. The van der Waals surface area contributed by atoms with Crippen LogP contribution in [0.5, 0.6) is 11.5 Å². The van der Waals surface area contributed by atoms with Crippen LogP contribution < -0.4 is 9.47 Å². The predicted octanol–water partition coefficient (Wildman–Crippen LogP) is 5.20. The number of hydrogen-bond donors (Lipinski definition) is 0. The molecule has 0 N–H and O–H groups in total. The van der Waals surface area contributed by atoms with E-state index in [-0.39, 0.29) is 0 Å². The van der Waals surface area contributed by atoms with Gasteiger partial charge in [0.15, 0.2) is 0 Å². The largest absolute Gasteiger partial charge is 0.494 e. The van der Waals surface area contributed by atoms with Crippen molar-refractivity contribution >= 4 is 23.3 Å². The van der Waals surface area contributed by atoms with Crippen LogP contribution in [-0.2, 0) is 0 Å². The molecule has 0 amide bonds. The van der Waals surface area contributed by atoms with Gasteiger partial charge < -0.3 is 9.47 Å². The number of ether oxygens (including phenoxy) is 2. The van der Waals surface area contributed by atoms with Crippen LogP contribution in [0.25, 0.3) is 11.6 Å². The minimum Gasteiger partial charge on any atom is -0.494 e. The molecule has 0 unspecified atom stereocenters. The van der Waals surface area contributed by atoms with E-state index in [1.165, 1.54) is 0 Å². The van der Waals surface area contributed by atoms with Gasteiger partial charge in [0.2, 0.25) is 0 Å². The second kappa shape index (κ2) is 8.26. The summed E-state index contributed by atoms with van der Waals surface area (Å²) in [6.07, 6.45) is 1.81. The van der Waals surface area contributed by atoms with Gasteiger partial charge in [-0.25, -0.2) is 0 Å². The summed E-state index contributed by atoms with van der Waals surface area (Å²) in [6, 6.07) is 15.0. The van der Waals surface area contributed by atoms with Crippen molar-refractivity contribution in [3.05, 3.63) is 58.6 Å². The Balaban J connectivity index is 2.42. The quantitative estimate of drug-likeness (QED) is 0.541. The summed E-state index contributed by atoms with van der Waals surface area (Å²) < 4.78 is 11.2. The maximum Gasteiger partial charge on any atom is 0.130 e. The molecule has 2 rings (SSSR count). The molecule has 23 heavy (non-hydrogen) atoms. The molecule has 118 valence electrons. The Kier molecular flexibility index (Phi) is 6.08. The molecule has 4 heteroatoms. The Bertz CT molecular complexity index is 730. The summed E-state index contributed by atoms with van der Waals surface area (Å²) in [5.74, 6) is 1.44. The van der Waals surface area contributed by atoms with Gasteiger partial charge in [0, 0.05) is 16.7 Å². The second-order valence-electron chi connectivity index (χ2n) is 4.74. The fraction of sp³-hybridized carbons (Fsp3) is 0.211. The summed E-state index contributed by atoms with van der Waals surface area (Å²) in [6.45, 7) is 4.99. The van der Waals surface area contributed by atoms with Crippen molar-refractivity contribution in [2.45, 2.75) is 13.8 Å². The molecule has 0 aliphatic heterocycles. The predicted molar refractivity (Wildman–Crippen MR) is 93.7 cm³/mol. The number of nitrogens with zero attached hydrogens (tertiary/aromatic N) is 1. The second-order valence-corrected chi connectivity index (χ2v) is 5.18. The lowest BCUT2D eigenvalue weighted by molar-refractivity contribution is 0.322. The Hall–Kier alpha value is -2.44. The van der Waals surface area contributed by atoms with Crippen LogP contribution in [-0.4, -0.2) is 13.2 Å². The minimum absolute atomic E-state index is 0.541. The van der Waals surface area contributed by atoms with Crippen molar-refractivity contribution in [2.24, 2.45) is 0 Å². The molecule has 0 bridgehead atoms. The summed E-state index contributed by atoms with van der Waals surface area (Å²) in [5, 5.41) is 10.1. The van der Waals surface area contributed by atoms with Gasteiger partial charge in [-0.1, -0.05) is 23.7 Å². The number of rotatable bonds is 6. The number of nitriles is 1. The molecule has 0 saturated heterocycles. The van der Waals surface area contributed by atoms with Gasteiger partial charge in [-0.3, -0.25) is 0 Å². The SMILES string of the molecule is CCOc1ccc(/C=C(/C#N)c2ccc(Cl)cc2)c(OCC)c1. The van der Waals surface area contributed by atoms with Crippen molar-refractivity contribution in [3.8, 4) is 17.6 Å². The Morgan fingerprint density at radius 1 is 1.09 bits per heavy atom. The van der Waals surface area contributed by atoms with E-state index in [0.717, 1.165) is 16.9 Å². The number of halogens is 1. The van der Waals surface area contributed by atoms with E-state index >= 15 is 0 Å². The first kappa shape index (κ1) is 16.9. The molecule has 0 heterocycles. The molecule has 0 aliphatic rings. The van der Waals surface area contributed by atoms with Crippen LogP contribution in [0.3, 0.4) is 0 Å². The van der Waals surface area contributed by atoms with Gasteiger partial charge in [0.25, 0.3) is 0 Å². The first-order valence-electron chi connectivity index (χ1n) is 7.45. The van der Waals surface area contributed by atoms with Crippen LogP contribution in [0, 0.1) is 11.3 Å². The topological polar surface area (TPSA) is 42.2 Å². The maximum atomic E-state index is 9.45. The third kappa shape index (κ3) is 4.51. The van der Waals surface area contributed by atoms with E-state index in [0.29, 0.717) is 29.6 Å². The molecule has 0 radical (unpaired) electrons. The number of hydrogen-bond acceptors (Lipinski definition) is 3. The molecular weight excluding hydrogens is 310 g/mol. The fourth-order valence-electron chi connectivity index (χ4n) is 2.14. The van der Waals surface area contributed by atoms with Crippen molar-refractivity contribution in [1.82, 2.24) is 0 Å². The fourth-order valence-corrected chi connectivity index (χ4v) is 2.26. The summed E-state index contributed by atoms with van der Waals surface area (Å²) >= 11 is 5.90. The Morgan fingerprint density at radius 3 is 2.39 bits per heavy atom. The molecule has 2 aromatic rings. The highest BCUT2D eigenvalue weighted by Gasteiger charge is 2.07. The van der Waals surface area contributed by atoms with Gasteiger partial charge >= 0.3 is 0 Å². The standard InChI is InChI=1S/C19H18ClNO2/c1-3-22-18-10-7-15(19(12-18)23-4-2)11-16(13-21)14-5-8-17(20)9-6-14/h5-12H,3-4H2,1-2H3/b16-11-. The van der Waals surface area contributed by atoms with Crippen molar-refractivity contribution < 1.29 is 9.47 Å². The van der Waals surface area contributed by atoms with Gasteiger partial charge in [-0.15, -0.1) is 0 Å². The highest BCUT2D eigenvalue weighted by atomic mass is 35.5. The van der Waals surface area contributed by atoms with Gasteiger partial charge in [0.05, 0.1) is 24.9 Å². The molecule has 0 fully saturated rings. The van der Waals surface area contributed by atoms with Crippen LogP contribution in [0.2, 0.25) is 5.02 Å². The lowest BCUT2D eigenvalue weighted by atomic mass is 10.0. The zero-order valence-corrected chi connectivity index (χ0v) is 13.9. The van der Waals surface area contributed by atoms with Gasteiger partial charge in [0.1, 0.15) is 11.5 Å². The molecule has 2 aromatic carbocycles. The lowest BCUT2D eigenvalue weighted by Crippen LogP contribution is -1.97. The van der Waals surface area contributed by atoms with E-state index in [9.17, 15) is 5.26 Å². The van der Waals surface area contributed by atoms with Crippen molar-refractivity contribution in [1.29, 1.82) is 5.26 Å². The third-order valence-electron chi connectivity index (χ3n) is 3.17. The zero-order chi connectivity index (χ0) is 16.7. The lowest BCUT2D eigenvalue weighted by Gasteiger charge is -2.11. The summed E-state index contributed by atoms with van der Waals surface area (Å²) in [4.78, 5) is 0. The third-order valence-corrected chi connectivity index (χ3v) is 3.42. The van der Waals surface area contributed by atoms with Crippen LogP contribution in [0.15, 0.2) is 42.5 Å². The first-order chi connectivity index (χ1) is 11.2. The maximum absolute atomic E-state index is 9.45. The molecule has 3 nitrogen and oxygen atoms in total. The molecule has 0 spiro atoms. The highest BCUT2D eigenvalue weighted by molar-refractivity contribution is 6.30. The molecule has 0 aliphatic carbocycles. The van der Waals surface area contributed by atoms with E-state index in [1.807, 2.05) is 50.3 Å². The van der Waals surface area contributed by atoms with E-state index in [4.69, 9.17) is 21.1 Å². The first-order valence-corrected chi connectivity index (χ1v) is 7.83. The average Bonchev–Trinajstić information content (AvgIpc) is 2.56. The van der Waals surface area contributed by atoms with Crippen molar-refractivity contribution in [2.75, 3.05) is 13.2 Å². The number of benzene rings is 2. The molecule has 0 atom stereocenters. The van der Waals surface area contributed by atoms with Crippen LogP contribution in [0.4, 0.5) is 0 Å².